The van der Waals surface area contributed by atoms with Crippen molar-refractivity contribution in [1.29, 1.82) is 0 Å². The van der Waals surface area contributed by atoms with E-state index in [2.05, 4.69) is 29.4 Å². The molecule has 1 heterocycles. The minimum absolute atomic E-state index is 0.232. The predicted molar refractivity (Wildman–Crippen MR) is 78.9 cm³/mol. The Morgan fingerprint density at radius 2 is 2.05 bits per heavy atom. The Kier molecular flexibility index (Phi) is 4.50. The lowest BCUT2D eigenvalue weighted by molar-refractivity contribution is 0.0519. The van der Waals surface area contributed by atoms with Gasteiger partial charge in [-0.25, -0.2) is 4.79 Å². The normalized spacial score (nSPS) is 12.2. The fraction of sp³-hybridized carbons (Fsp3) is 0.400. The van der Waals surface area contributed by atoms with E-state index in [-0.39, 0.29) is 11.7 Å². The Morgan fingerprint density at radius 1 is 1.30 bits per heavy atom. The highest BCUT2D eigenvalue weighted by Crippen LogP contribution is 2.25. The minimum atomic E-state index is -0.448. The van der Waals surface area contributed by atoms with Gasteiger partial charge in [0.05, 0.1) is 17.8 Å². The Labute approximate surface area is 118 Å². The van der Waals surface area contributed by atoms with Gasteiger partial charge in [-0.05, 0) is 26.3 Å². The molecule has 1 atom stereocenters. The molecule has 0 radical (unpaired) electrons. The van der Waals surface area contributed by atoms with Gasteiger partial charge in [0.15, 0.2) is 5.69 Å². The maximum Gasteiger partial charge on any atom is 0.361 e. The zero-order valence-corrected chi connectivity index (χ0v) is 12.0. The first-order chi connectivity index (χ1) is 9.67. The Balaban J connectivity index is 2.55. The number of nitrogens with one attached hydrogen (secondary N) is 1. The lowest BCUT2D eigenvalue weighted by atomic mass is 10.1. The van der Waals surface area contributed by atoms with Crippen molar-refractivity contribution < 1.29 is 9.53 Å². The van der Waals surface area contributed by atoms with E-state index < -0.39 is 5.97 Å². The number of fused-ring (bicyclic) bond motifs is 1. The Bertz CT molecular complexity index is 613. The van der Waals surface area contributed by atoms with Crippen LogP contribution in [0.1, 0.15) is 37.7 Å². The number of benzene rings is 1. The summed E-state index contributed by atoms with van der Waals surface area (Å²) in [6.07, 6.45) is 0.943. The van der Waals surface area contributed by atoms with E-state index >= 15 is 0 Å². The number of aromatic nitrogens is 2. The third-order valence-corrected chi connectivity index (χ3v) is 3.14. The molecule has 0 saturated carbocycles. The van der Waals surface area contributed by atoms with E-state index in [0.717, 1.165) is 17.3 Å². The molecule has 0 aliphatic carbocycles. The van der Waals surface area contributed by atoms with Crippen LogP contribution >= 0.6 is 0 Å². The smallest absolute Gasteiger partial charge is 0.361 e. The van der Waals surface area contributed by atoms with E-state index in [4.69, 9.17) is 4.74 Å². The number of esters is 1. The van der Waals surface area contributed by atoms with Crippen LogP contribution in [0.25, 0.3) is 10.9 Å². The molecule has 1 aromatic carbocycles. The molecule has 0 bridgehead atoms. The number of nitrogens with zero attached hydrogens (tertiary/aromatic N) is 2. The molecular weight excluding hydrogens is 254 g/mol. The topological polar surface area (TPSA) is 64.1 Å². The third-order valence-electron chi connectivity index (χ3n) is 3.14. The van der Waals surface area contributed by atoms with Gasteiger partial charge in [0, 0.05) is 11.4 Å². The summed E-state index contributed by atoms with van der Waals surface area (Å²) in [5.74, 6) is -0.448. The number of rotatable bonds is 5. The van der Waals surface area contributed by atoms with Gasteiger partial charge in [-0.15, -0.1) is 10.2 Å². The number of ether oxygens (including phenoxy) is 1. The van der Waals surface area contributed by atoms with Crippen molar-refractivity contribution in [2.24, 2.45) is 0 Å². The highest BCUT2D eigenvalue weighted by atomic mass is 16.5. The average molecular weight is 273 g/mol. The van der Waals surface area contributed by atoms with Crippen LogP contribution in [0.15, 0.2) is 24.3 Å². The molecule has 1 aromatic heterocycles. The molecule has 106 valence electrons. The van der Waals surface area contributed by atoms with Crippen molar-refractivity contribution in [3.05, 3.63) is 30.0 Å². The molecule has 5 heteroatoms. The van der Waals surface area contributed by atoms with Gasteiger partial charge < -0.3 is 10.1 Å². The molecule has 1 N–H and O–H groups in total. The molecule has 0 spiro atoms. The van der Waals surface area contributed by atoms with Crippen LogP contribution in [0.5, 0.6) is 0 Å². The number of anilines is 1. The van der Waals surface area contributed by atoms with Crippen LogP contribution in [0.3, 0.4) is 0 Å². The van der Waals surface area contributed by atoms with E-state index in [1.807, 2.05) is 24.3 Å². The maximum atomic E-state index is 12.0. The largest absolute Gasteiger partial charge is 0.461 e. The number of carbonyl (C=O) groups is 1. The van der Waals surface area contributed by atoms with Crippen LogP contribution in [0.4, 0.5) is 5.69 Å². The van der Waals surface area contributed by atoms with E-state index in [1.165, 1.54) is 0 Å². The molecule has 20 heavy (non-hydrogen) atoms. The first-order valence-electron chi connectivity index (χ1n) is 6.86. The summed E-state index contributed by atoms with van der Waals surface area (Å²) in [4.78, 5) is 12.0. The van der Waals surface area contributed by atoms with Gasteiger partial charge in [0.1, 0.15) is 0 Å². The van der Waals surface area contributed by atoms with E-state index in [0.29, 0.717) is 12.3 Å². The van der Waals surface area contributed by atoms with Crippen molar-refractivity contribution in [3.63, 3.8) is 0 Å². The predicted octanol–water partition coefficient (Wildman–Crippen LogP) is 3.02. The lowest BCUT2D eigenvalue weighted by Crippen LogP contribution is -2.19. The van der Waals surface area contributed by atoms with Crippen molar-refractivity contribution >= 4 is 22.6 Å². The molecule has 2 aromatic rings. The number of hydrogen-bond donors (Lipinski definition) is 1. The monoisotopic (exact) mass is 273 g/mol. The van der Waals surface area contributed by atoms with Crippen LogP contribution in [-0.2, 0) is 4.74 Å². The highest BCUT2D eigenvalue weighted by molar-refractivity contribution is 6.03. The summed E-state index contributed by atoms with van der Waals surface area (Å²) >= 11 is 0. The summed E-state index contributed by atoms with van der Waals surface area (Å²) in [5, 5.41) is 12.3. The van der Waals surface area contributed by atoms with Crippen LogP contribution in [-0.4, -0.2) is 28.8 Å². The second kappa shape index (κ2) is 6.32. The molecule has 5 nitrogen and oxygen atoms in total. The molecule has 1 unspecified atom stereocenters. The fourth-order valence-electron chi connectivity index (χ4n) is 1.89. The summed E-state index contributed by atoms with van der Waals surface area (Å²) in [5.41, 5.74) is 1.70. The molecule has 0 saturated heterocycles. The lowest BCUT2D eigenvalue weighted by Gasteiger charge is -2.17. The summed E-state index contributed by atoms with van der Waals surface area (Å²) < 4.78 is 5.05. The SMILES string of the molecule is CCOC(=O)c1nnc2ccccc2c1NC(C)CC. The standard InChI is InChI=1S/C15H19N3O2/c1-4-10(3)16-13-11-8-6-7-9-12(11)17-18-14(13)15(19)20-5-2/h6-10H,4-5H2,1-3H3,(H,16,17). The molecular formula is C15H19N3O2. The molecule has 0 amide bonds. The van der Waals surface area contributed by atoms with Gasteiger partial charge >= 0.3 is 5.97 Å². The van der Waals surface area contributed by atoms with Crippen molar-refractivity contribution in [3.8, 4) is 0 Å². The minimum Gasteiger partial charge on any atom is -0.461 e. The Hall–Kier alpha value is -2.17. The molecule has 0 aliphatic heterocycles. The maximum absolute atomic E-state index is 12.0. The van der Waals surface area contributed by atoms with Crippen LogP contribution in [0.2, 0.25) is 0 Å². The summed E-state index contributed by atoms with van der Waals surface area (Å²) in [6, 6.07) is 7.85. The quantitative estimate of drug-likeness (QED) is 0.848. The molecule has 0 aliphatic rings. The van der Waals surface area contributed by atoms with Gasteiger partial charge in [-0.3, -0.25) is 0 Å². The fourth-order valence-corrected chi connectivity index (χ4v) is 1.89. The molecule has 0 fully saturated rings. The van der Waals surface area contributed by atoms with Crippen molar-refractivity contribution in [2.75, 3.05) is 11.9 Å². The number of carbonyl (C=O) groups excluding carboxylic acids is 1. The summed E-state index contributed by atoms with van der Waals surface area (Å²) in [6.45, 7) is 6.23. The highest BCUT2D eigenvalue weighted by Gasteiger charge is 2.19. The first kappa shape index (κ1) is 14.2. The van der Waals surface area contributed by atoms with E-state index in [9.17, 15) is 4.79 Å². The first-order valence-corrected chi connectivity index (χ1v) is 6.86. The van der Waals surface area contributed by atoms with Crippen molar-refractivity contribution in [2.45, 2.75) is 33.2 Å². The van der Waals surface area contributed by atoms with E-state index in [1.54, 1.807) is 6.92 Å². The van der Waals surface area contributed by atoms with Gasteiger partial charge in [0.2, 0.25) is 0 Å². The van der Waals surface area contributed by atoms with Crippen LogP contribution < -0.4 is 5.32 Å². The average Bonchev–Trinajstić information content (AvgIpc) is 2.47. The van der Waals surface area contributed by atoms with Crippen molar-refractivity contribution in [1.82, 2.24) is 10.2 Å². The van der Waals surface area contributed by atoms with Crippen LogP contribution in [0, 0.1) is 0 Å². The number of hydrogen-bond acceptors (Lipinski definition) is 5. The van der Waals surface area contributed by atoms with Gasteiger partial charge in [0.25, 0.3) is 0 Å². The second-order valence-electron chi connectivity index (χ2n) is 4.61. The molecule has 2 rings (SSSR count). The summed E-state index contributed by atoms with van der Waals surface area (Å²) in [7, 11) is 0. The van der Waals surface area contributed by atoms with Gasteiger partial charge in [-0.2, -0.15) is 0 Å². The zero-order chi connectivity index (χ0) is 14.5. The van der Waals surface area contributed by atoms with Gasteiger partial charge in [-0.1, -0.05) is 25.1 Å². The Morgan fingerprint density at radius 3 is 2.75 bits per heavy atom. The third kappa shape index (κ3) is 2.87. The zero-order valence-electron chi connectivity index (χ0n) is 12.0. The second-order valence-corrected chi connectivity index (χ2v) is 4.61.